The first kappa shape index (κ1) is 14.0. The molecule has 106 valence electrons. The highest BCUT2D eigenvalue weighted by atomic mass is 19.4. The molecule has 1 aliphatic rings. The van der Waals surface area contributed by atoms with Crippen molar-refractivity contribution in [3.05, 3.63) is 18.0 Å². The predicted octanol–water partition coefficient (Wildman–Crippen LogP) is 2.39. The lowest BCUT2D eigenvalue weighted by Gasteiger charge is -2.21. The smallest absolute Gasteiger partial charge is 0.350 e. The summed E-state index contributed by atoms with van der Waals surface area (Å²) in [7, 11) is 0. The number of alkyl halides is 3. The predicted molar refractivity (Wildman–Crippen MR) is 65.8 cm³/mol. The molecular formula is C12H17F3N4. The molecule has 1 aromatic heterocycles. The van der Waals surface area contributed by atoms with Crippen LogP contribution in [0.5, 0.6) is 0 Å². The summed E-state index contributed by atoms with van der Waals surface area (Å²) in [5.41, 5.74) is -0.918. The van der Waals surface area contributed by atoms with Crippen molar-refractivity contribution in [3.63, 3.8) is 0 Å². The second-order valence-electron chi connectivity index (χ2n) is 4.82. The zero-order valence-corrected chi connectivity index (χ0v) is 10.7. The van der Waals surface area contributed by atoms with Gasteiger partial charge in [-0.25, -0.2) is 9.97 Å². The van der Waals surface area contributed by atoms with Crippen LogP contribution in [0.4, 0.5) is 19.1 Å². The zero-order chi connectivity index (χ0) is 13.9. The van der Waals surface area contributed by atoms with Crippen LogP contribution in [-0.4, -0.2) is 40.5 Å². The number of likely N-dealkylation sites (tertiary alicyclic amines) is 1. The van der Waals surface area contributed by atoms with Gasteiger partial charge in [0.2, 0.25) is 5.95 Å². The number of halogens is 3. The van der Waals surface area contributed by atoms with Crippen LogP contribution in [0, 0.1) is 0 Å². The second-order valence-corrected chi connectivity index (χ2v) is 4.82. The number of rotatable bonds is 4. The van der Waals surface area contributed by atoms with Gasteiger partial charge in [0.05, 0.1) is 0 Å². The molecule has 0 radical (unpaired) electrons. The van der Waals surface area contributed by atoms with Crippen molar-refractivity contribution >= 4 is 5.95 Å². The fourth-order valence-electron chi connectivity index (χ4n) is 2.20. The number of hydrogen-bond donors (Lipinski definition) is 1. The molecule has 4 nitrogen and oxygen atoms in total. The fourth-order valence-corrected chi connectivity index (χ4v) is 2.20. The average molecular weight is 274 g/mol. The van der Waals surface area contributed by atoms with Crippen molar-refractivity contribution < 1.29 is 13.2 Å². The molecule has 0 aliphatic carbocycles. The van der Waals surface area contributed by atoms with E-state index in [-0.39, 0.29) is 12.0 Å². The van der Waals surface area contributed by atoms with Gasteiger partial charge in [-0.1, -0.05) is 0 Å². The Balaban J connectivity index is 1.94. The van der Waals surface area contributed by atoms with Crippen LogP contribution in [0.3, 0.4) is 0 Å². The first-order chi connectivity index (χ1) is 8.95. The second kappa shape index (κ2) is 5.73. The SMILES string of the molecule is CC(CN1CCCC1)Nc1nccc(C(F)(F)F)n1. The Hall–Kier alpha value is -1.37. The fraction of sp³-hybridized carbons (Fsp3) is 0.667. The molecule has 1 N–H and O–H groups in total. The Kier molecular flexibility index (Phi) is 4.24. The molecule has 19 heavy (non-hydrogen) atoms. The third-order valence-electron chi connectivity index (χ3n) is 3.05. The molecule has 0 amide bonds. The molecule has 0 aromatic carbocycles. The van der Waals surface area contributed by atoms with E-state index in [0.717, 1.165) is 31.9 Å². The lowest BCUT2D eigenvalue weighted by atomic mass is 10.3. The minimum absolute atomic E-state index is 0.0154. The van der Waals surface area contributed by atoms with Gasteiger partial charge in [-0.2, -0.15) is 13.2 Å². The van der Waals surface area contributed by atoms with Crippen LogP contribution in [0.2, 0.25) is 0 Å². The van der Waals surface area contributed by atoms with Crippen molar-refractivity contribution in [3.8, 4) is 0 Å². The van der Waals surface area contributed by atoms with Crippen molar-refractivity contribution in [2.24, 2.45) is 0 Å². The number of nitrogens with zero attached hydrogens (tertiary/aromatic N) is 3. The van der Waals surface area contributed by atoms with Crippen LogP contribution >= 0.6 is 0 Å². The van der Waals surface area contributed by atoms with Crippen LogP contribution in [0.15, 0.2) is 12.3 Å². The minimum Gasteiger partial charge on any atom is -0.350 e. The number of anilines is 1. The highest BCUT2D eigenvalue weighted by molar-refractivity contribution is 5.27. The lowest BCUT2D eigenvalue weighted by Crippen LogP contribution is -2.33. The van der Waals surface area contributed by atoms with E-state index in [0.29, 0.717) is 0 Å². The summed E-state index contributed by atoms with van der Waals surface area (Å²) < 4.78 is 37.5. The van der Waals surface area contributed by atoms with Crippen molar-refractivity contribution in [1.82, 2.24) is 14.9 Å². The van der Waals surface area contributed by atoms with E-state index < -0.39 is 11.9 Å². The first-order valence-electron chi connectivity index (χ1n) is 6.34. The van der Waals surface area contributed by atoms with E-state index in [2.05, 4.69) is 20.2 Å². The van der Waals surface area contributed by atoms with E-state index in [4.69, 9.17) is 0 Å². The summed E-state index contributed by atoms with van der Waals surface area (Å²) >= 11 is 0. The van der Waals surface area contributed by atoms with Gasteiger partial charge in [0.25, 0.3) is 0 Å². The number of hydrogen-bond acceptors (Lipinski definition) is 4. The number of nitrogens with one attached hydrogen (secondary N) is 1. The van der Waals surface area contributed by atoms with Gasteiger partial charge < -0.3 is 10.2 Å². The van der Waals surface area contributed by atoms with Crippen LogP contribution in [0.1, 0.15) is 25.5 Å². The van der Waals surface area contributed by atoms with E-state index in [1.54, 1.807) is 0 Å². The standard InChI is InChI=1S/C12H17F3N4/c1-9(8-19-6-2-3-7-19)17-11-16-5-4-10(18-11)12(13,14)15/h4-5,9H,2-3,6-8H2,1H3,(H,16,17,18). The van der Waals surface area contributed by atoms with Gasteiger partial charge in [-0.3, -0.25) is 0 Å². The quantitative estimate of drug-likeness (QED) is 0.915. The molecule has 1 saturated heterocycles. The van der Waals surface area contributed by atoms with E-state index in [1.165, 1.54) is 12.8 Å². The summed E-state index contributed by atoms with van der Waals surface area (Å²) in [5.74, 6) is 0.0292. The molecule has 2 rings (SSSR count). The van der Waals surface area contributed by atoms with E-state index in [1.807, 2.05) is 6.92 Å². The molecule has 1 atom stereocenters. The van der Waals surface area contributed by atoms with Gasteiger partial charge in [0.15, 0.2) is 0 Å². The summed E-state index contributed by atoms with van der Waals surface area (Å²) in [4.78, 5) is 9.60. The van der Waals surface area contributed by atoms with Crippen LogP contribution in [-0.2, 0) is 6.18 Å². The maximum atomic E-state index is 12.5. The molecule has 0 spiro atoms. The van der Waals surface area contributed by atoms with Gasteiger partial charge in [0, 0.05) is 18.8 Å². The molecule has 1 fully saturated rings. The van der Waals surface area contributed by atoms with E-state index >= 15 is 0 Å². The third-order valence-corrected chi connectivity index (χ3v) is 3.05. The van der Waals surface area contributed by atoms with Gasteiger partial charge in [0.1, 0.15) is 5.69 Å². The molecule has 7 heteroatoms. The van der Waals surface area contributed by atoms with Gasteiger partial charge >= 0.3 is 6.18 Å². The van der Waals surface area contributed by atoms with Crippen LogP contribution in [0.25, 0.3) is 0 Å². The first-order valence-corrected chi connectivity index (χ1v) is 6.34. The summed E-state index contributed by atoms with van der Waals surface area (Å²) in [6.45, 7) is 4.81. The topological polar surface area (TPSA) is 41.0 Å². The van der Waals surface area contributed by atoms with Gasteiger partial charge in [-0.05, 0) is 38.9 Å². The third kappa shape index (κ3) is 4.05. The van der Waals surface area contributed by atoms with Gasteiger partial charge in [-0.15, -0.1) is 0 Å². The summed E-state index contributed by atoms with van der Waals surface area (Å²) in [6.07, 6.45) is -0.933. The molecule has 0 bridgehead atoms. The molecule has 2 heterocycles. The normalized spacial score (nSPS) is 18.5. The highest BCUT2D eigenvalue weighted by Crippen LogP contribution is 2.27. The van der Waals surface area contributed by atoms with Crippen molar-refractivity contribution in [1.29, 1.82) is 0 Å². The maximum Gasteiger partial charge on any atom is 0.433 e. The van der Waals surface area contributed by atoms with Crippen molar-refractivity contribution in [2.45, 2.75) is 32.0 Å². The molecule has 1 aromatic rings. The molecule has 1 unspecified atom stereocenters. The Morgan fingerprint density at radius 1 is 1.37 bits per heavy atom. The Morgan fingerprint density at radius 2 is 2.05 bits per heavy atom. The molecule has 0 saturated carbocycles. The van der Waals surface area contributed by atoms with Crippen molar-refractivity contribution in [2.75, 3.05) is 25.0 Å². The zero-order valence-electron chi connectivity index (χ0n) is 10.7. The highest BCUT2D eigenvalue weighted by Gasteiger charge is 2.32. The minimum atomic E-state index is -4.43. The monoisotopic (exact) mass is 274 g/mol. The van der Waals surface area contributed by atoms with E-state index in [9.17, 15) is 13.2 Å². The Bertz CT molecular complexity index is 416. The molecular weight excluding hydrogens is 257 g/mol. The largest absolute Gasteiger partial charge is 0.433 e. The van der Waals surface area contributed by atoms with Crippen LogP contribution < -0.4 is 5.32 Å². The molecule has 1 aliphatic heterocycles. The average Bonchev–Trinajstić information content (AvgIpc) is 2.80. The maximum absolute atomic E-state index is 12.5. The summed E-state index contributed by atoms with van der Waals surface area (Å²) in [6, 6.07) is 0.887. The summed E-state index contributed by atoms with van der Waals surface area (Å²) in [5, 5.41) is 2.92. The Morgan fingerprint density at radius 3 is 2.68 bits per heavy atom. The number of aromatic nitrogens is 2. The Labute approximate surface area is 110 Å². The lowest BCUT2D eigenvalue weighted by molar-refractivity contribution is -0.141.